The normalized spacial score (nSPS) is 12.9. The molecular formula is C29H26N4. The molecule has 0 saturated carbocycles. The Morgan fingerprint density at radius 3 is 2.48 bits per heavy atom. The van der Waals surface area contributed by atoms with E-state index in [1.54, 1.807) is 0 Å². The molecule has 0 bridgehead atoms. The lowest BCUT2D eigenvalue weighted by Crippen LogP contribution is -2.09. The van der Waals surface area contributed by atoms with Crippen LogP contribution in [0.1, 0.15) is 18.7 Å². The predicted octanol–water partition coefficient (Wildman–Crippen LogP) is 6.69. The number of aromatic nitrogens is 3. The van der Waals surface area contributed by atoms with Gasteiger partial charge in [0.15, 0.2) is 0 Å². The van der Waals surface area contributed by atoms with Crippen molar-refractivity contribution in [2.45, 2.75) is 14.4 Å². The Hall–Kier alpha value is -4.18. The maximum absolute atomic E-state index is 5.15. The third kappa shape index (κ3) is 3.60. The van der Waals surface area contributed by atoms with Crippen LogP contribution < -0.4 is 5.32 Å². The van der Waals surface area contributed by atoms with Gasteiger partial charge in [-0.1, -0.05) is 43.3 Å². The molecule has 1 N–H and O–H groups in total. The summed E-state index contributed by atoms with van der Waals surface area (Å²) in [5.41, 5.74) is 7.91. The second-order valence-electron chi connectivity index (χ2n) is 8.11. The summed E-state index contributed by atoms with van der Waals surface area (Å²) in [5.74, 6) is 0.914. The molecular weight excluding hydrogens is 404 g/mol. The monoisotopic (exact) mass is 430 g/mol. The third-order valence-electron chi connectivity index (χ3n) is 6.00. The molecule has 162 valence electrons. The summed E-state index contributed by atoms with van der Waals surface area (Å²) in [6.07, 6.45) is 9.92. The zero-order valence-corrected chi connectivity index (χ0v) is 17.8. The van der Waals surface area contributed by atoms with Gasteiger partial charge in [0, 0.05) is 29.7 Å². The van der Waals surface area contributed by atoms with Crippen LogP contribution >= 0.6 is 0 Å². The van der Waals surface area contributed by atoms with Crippen molar-refractivity contribution < 1.29 is 0 Å². The molecule has 1 aliphatic rings. The average molecular weight is 431 g/mol. The quantitative estimate of drug-likeness (QED) is 0.347. The summed E-state index contributed by atoms with van der Waals surface area (Å²) < 4.78 is 2.28. The number of hydrogen-bond acceptors (Lipinski definition) is 3. The van der Waals surface area contributed by atoms with Crippen molar-refractivity contribution in [3.05, 3.63) is 109 Å². The average Bonchev–Trinajstić information content (AvgIpc) is 3.18. The van der Waals surface area contributed by atoms with Crippen LogP contribution in [0.2, 0.25) is 0 Å². The molecule has 0 aliphatic carbocycles. The first-order valence-corrected chi connectivity index (χ1v) is 10.8. The van der Waals surface area contributed by atoms with Crippen molar-refractivity contribution in [1.82, 2.24) is 19.9 Å². The fourth-order valence-electron chi connectivity index (χ4n) is 4.47. The van der Waals surface area contributed by atoms with E-state index in [4.69, 9.17) is 4.98 Å². The Morgan fingerprint density at radius 2 is 1.67 bits per heavy atom. The molecule has 3 aromatic heterocycles. The lowest BCUT2D eigenvalue weighted by atomic mass is 10.0. The van der Waals surface area contributed by atoms with Crippen LogP contribution in [0.5, 0.6) is 0 Å². The van der Waals surface area contributed by atoms with Gasteiger partial charge in [-0.05, 0) is 78.4 Å². The van der Waals surface area contributed by atoms with Crippen LogP contribution in [0.4, 0.5) is 0 Å². The van der Waals surface area contributed by atoms with E-state index in [1.807, 2.05) is 30.7 Å². The fraction of sp³-hybridized carbons (Fsp3) is 0.103. The van der Waals surface area contributed by atoms with Crippen LogP contribution in [0, 0.1) is 6.92 Å². The second kappa shape index (κ2) is 8.40. The van der Waals surface area contributed by atoms with Crippen LogP contribution in [0.25, 0.3) is 44.3 Å². The van der Waals surface area contributed by atoms with E-state index in [2.05, 4.69) is 88.5 Å². The molecule has 4 heterocycles. The number of para-hydroxylation sites is 1. The zero-order chi connectivity index (χ0) is 21.5. The van der Waals surface area contributed by atoms with Gasteiger partial charge in [-0.3, -0.25) is 9.55 Å². The lowest BCUT2D eigenvalue weighted by Gasteiger charge is -2.14. The highest BCUT2D eigenvalue weighted by molar-refractivity contribution is 6.09. The van der Waals surface area contributed by atoms with Gasteiger partial charge in [0.25, 0.3) is 0 Å². The SMILES string of the molecule is C.Cc1ccc2c(c1)c1ccccc1n2-c1cc(-c2ccncc2)cc(C2=CCNC=C2)n1. The van der Waals surface area contributed by atoms with E-state index < -0.39 is 0 Å². The smallest absolute Gasteiger partial charge is 0.138 e. The van der Waals surface area contributed by atoms with E-state index in [-0.39, 0.29) is 7.43 Å². The minimum atomic E-state index is 0. The number of hydrogen-bond donors (Lipinski definition) is 1. The highest BCUT2D eigenvalue weighted by atomic mass is 15.1. The first kappa shape index (κ1) is 20.7. The number of nitrogens with one attached hydrogen (secondary N) is 1. The van der Waals surface area contributed by atoms with Gasteiger partial charge in [0.05, 0.1) is 16.7 Å². The summed E-state index contributed by atoms with van der Waals surface area (Å²) in [5, 5.41) is 5.72. The molecule has 0 unspecified atom stereocenters. The van der Waals surface area contributed by atoms with Gasteiger partial charge < -0.3 is 5.32 Å². The molecule has 5 aromatic rings. The molecule has 1 aliphatic heterocycles. The highest BCUT2D eigenvalue weighted by Crippen LogP contribution is 2.34. The second-order valence-corrected chi connectivity index (χ2v) is 8.11. The predicted molar refractivity (Wildman–Crippen MR) is 138 cm³/mol. The Morgan fingerprint density at radius 1 is 0.848 bits per heavy atom. The number of nitrogens with zero attached hydrogens (tertiary/aromatic N) is 3. The number of allylic oxidation sites excluding steroid dienone is 2. The molecule has 0 amide bonds. The third-order valence-corrected chi connectivity index (χ3v) is 6.00. The number of rotatable bonds is 3. The summed E-state index contributed by atoms with van der Waals surface area (Å²) in [7, 11) is 0. The molecule has 0 spiro atoms. The number of aryl methyl sites for hydroxylation is 1. The highest BCUT2D eigenvalue weighted by Gasteiger charge is 2.16. The Labute approximate surface area is 193 Å². The van der Waals surface area contributed by atoms with E-state index in [9.17, 15) is 0 Å². The topological polar surface area (TPSA) is 42.7 Å². The Kier molecular flexibility index (Phi) is 5.27. The Balaban J connectivity index is 0.00000228. The van der Waals surface area contributed by atoms with Crippen molar-refractivity contribution in [2.75, 3.05) is 6.54 Å². The van der Waals surface area contributed by atoms with Crippen LogP contribution in [-0.2, 0) is 0 Å². The molecule has 33 heavy (non-hydrogen) atoms. The molecule has 6 rings (SSSR count). The minimum Gasteiger partial charge on any atom is -0.387 e. The maximum atomic E-state index is 5.15. The summed E-state index contributed by atoms with van der Waals surface area (Å²) in [6.45, 7) is 2.94. The number of fused-ring (bicyclic) bond motifs is 3. The van der Waals surface area contributed by atoms with Crippen LogP contribution in [0.15, 0.2) is 97.5 Å². The van der Waals surface area contributed by atoms with Crippen LogP contribution in [0.3, 0.4) is 0 Å². The zero-order valence-electron chi connectivity index (χ0n) is 17.8. The number of benzene rings is 2. The standard InChI is InChI=1S/C28H22N4.CH4/c1-19-6-7-27-24(16-19)23-4-2-3-5-26(23)32(27)28-18-22(20-8-12-29-13-9-20)17-25(31-28)21-10-14-30-15-11-21;/h2-14,16-18,30H,15H2,1H3;1H4. The van der Waals surface area contributed by atoms with Gasteiger partial charge in [-0.2, -0.15) is 0 Å². The van der Waals surface area contributed by atoms with Crippen LogP contribution in [-0.4, -0.2) is 21.1 Å². The van der Waals surface area contributed by atoms with E-state index in [0.717, 1.165) is 45.8 Å². The first-order valence-electron chi connectivity index (χ1n) is 10.8. The van der Waals surface area contributed by atoms with Crippen molar-refractivity contribution >= 4 is 27.4 Å². The van der Waals surface area contributed by atoms with E-state index in [1.165, 1.54) is 16.3 Å². The van der Waals surface area contributed by atoms with Crippen molar-refractivity contribution in [3.63, 3.8) is 0 Å². The lowest BCUT2D eigenvalue weighted by molar-refractivity contribution is 0.972. The van der Waals surface area contributed by atoms with E-state index >= 15 is 0 Å². The minimum absolute atomic E-state index is 0. The molecule has 0 saturated heterocycles. The first-order chi connectivity index (χ1) is 15.8. The maximum Gasteiger partial charge on any atom is 0.138 e. The molecule has 4 nitrogen and oxygen atoms in total. The van der Waals surface area contributed by atoms with Gasteiger partial charge in [0.2, 0.25) is 0 Å². The molecule has 0 fully saturated rings. The number of dihydropyridines is 1. The summed E-state index contributed by atoms with van der Waals surface area (Å²) in [4.78, 5) is 9.34. The Bertz CT molecular complexity index is 1520. The van der Waals surface area contributed by atoms with Gasteiger partial charge >= 0.3 is 0 Å². The van der Waals surface area contributed by atoms with E-state index in [0.29, 0.717) is 0 Å². The van der Waals surface area contributed by atoms with Crippen molar-refractivity contribution in [1.29, 1.82) is 0 Å². The van der Waals surface area contributed by atoms with Crippen molar-refractivity contribution in [3.8, 4) is 16.9 Å². The molecule has 2 aromatic carbocycles. The van der Waals surface area contributed by atoms with Gasteiger partial charge in [-0.25, -0.2) is 4.98 Å². The number of pyridine rings is 2. The molecule has 0 atom stereocenters. The largest absolute Gasteiger partial charge is 0.387 e. The summed E-state index contributed by atoms with van der Waals surface area (Å²) >= 11 is 0. The van der Waals surface area contributed by atoms with Gasteiger partial charge in [0.1, 0.15) is 5.82 Å². The van der Waals surface area contributed by atoms with Crippen molar-refractivity contribution in [2.24, 2.45) is 0 Å². The molecule has 0 radical (unpaired) electrons. The molecule has 4 heteroatoms. The fourth-order valence-corrected chi connectivity index (χ4v) is 4.47. The van der Waals surface area contributed by atoms with Gasteiger partial charge in [-0.15, -0.1) is 0 Å². The summed E-state index contributed by atoms with van der Waals surface area (Å²) in [6, 6.07) is 23.6.